The minimum atomic E-state index is -0.230. The first kappa shape index (κ1) is 14.7. The van der Waals surface area contributed by atoms with Gasteiger partial charge in [0.1, 0.15) is 5.75 Å². The molecule has 0 aliphatic carbocycles. The Hall–Kier alpha value is -1.72. The average Bonchev–Trinajstić information content (AvgIpc) is 2.85. The molecular weight excluding hydrogens is 296 g/mol. The Labute approximate surface area is 126 Å². The summed E-state index contributed by atoms with van der Waals surface area (Å²) in [5.41, 5.74) is 6.65. The number of halogens is 1. The molecule has 0 aliphatic heterocycles. The van der Waals surface area contributed by atoms with Crippen LogP contribution in [0.25, 0.3) is 0 Å². The van der Waals surface area contributed by atoms with E-state index in [-0.39, 0.29) is 11.9 Å². The largest absolute Gasteiger partial charge is 0.496 e. The maximum Gasteiger partial charge on any atom is 0.255 e. The van der Waals surface area contributed by atoms with E-state index in [1.165, 1.54) is 18.4 Å². The van der Waals surface area contributed by atoms with Crippen molar-refractivity contribution in [2.45, 2.75) is 13.0 Å². The van der Waals surface area contributed by atoms with E-state index in [9.17, 15) is 4.79 Å². The highest BCUT2D eigenvalue weighted by atomic mass is 35.5. The SMILES string of the molecule is COc1ccc(N)cc1C(=O)NC(C)c1ccc(Cl)s1. The maximum atomic E-state index is 12.3. The zero-order valence-electron chi connectivity index (χ0n) is 11.1. The Kier molecular flexibility index (Phi) is 4.52. The molecule has 0 bridgehead atoms. The molecule has 0 spiro atoms. The summed E-state index contributed by atoms with van der Waals surface area (Å²) in [5.74, 6) is 0.263. The van der Waals surface area contributed by atoms with Crippen molar-refractivity contribution in [1.82, 2.24) is 5.32 Å². The monoisotopic (exact) mass is 310 g/mol. The Bertz CT molecular complexity index is 627. The molecule has 6 heteroatoms. The van der Waals surface area contributed by atoms with E-state index in [2.05, 4.69) is 5.32 Å². The average molecular weight is 311 g/mol. The summed E-state index contributed by atoms with van der Waals surface area (Å²) in [6.07, 6.45) is 0. The second-order valence-electron chi connectivity index (χ2n) is 4.30. The smallest absolute Gasteiger partial charge is 0.255 e. The van der Waals surface area contributed by atoms with Crippen LogP contribution in [0.15, 0.2) is 30.3 Å². The highest BCUT2D eigenvalue weighted by Gasteiger charge is 2.16. The van der Waals surface area contributed by atoms with Crippen LogP contribution in [0.1, 0.15) is 28.2 Å². The van der Waals surface area contributed by atoms with Gasteiger partial charge in [-0.1, -0.05) is 11.6 Å². The highest BCUT2D eigenvalue weighted by Crippen LogP contribution is 2.27. The van der Waals surface area contributed by atoms with Crippen molar-refractivity contribution in [1.29, 1.82) is 0 Å². The minimum Gasteiger partial charge on any atom is -0.496 e. The van der Waals surface area contributed by atoms with Crippen LogP contribution >= 0.6 is 22.9 Å². The maximum absolute atomic E-state index is 12.3. The molecule has 3 N–H and O–H groups in total. The Morgan fingerprint density at radius 3 is 2.75 bits per heavy atom. The van der Waals surface area contributed by atoms with Crippen LogP contribution in [0.4, 0.5) is 5.69 Å². The second-order valence-corrected chi connectivity index (χ2v) is 6.04. The number of nitrogens with two attached hydrogens (primary N) is 1. The third-order valence-corrected chi connectivity index (χ3v) is 4.25. The fourth-order valence-corrected chi connectivity index (χ4v) is 2.87. The summed E-state index contributed by atoms with van der Waals surface area (Å²) in [7, 11) is 1.52. The normalized spacial score (nSPS) is 11.9. The molecule has 0 radical (unpaired) electrons. The molecule has 4 nitrogen and oxygen atoms in total. The number of rotatable bonds is 4. The molecule has 2 aromatic rings. The van der Waals surface area contributed by atoms with Gasteiger partial charge in [-0.05, 0) is 37.3 Å². The van der Waals surface area contributed by atoms with Gasteiger partial charge in [-0.3, -0.25) is 4.79 Å². The molecule has 2 rings (SSSR count). The summed E-state index contributed by atoms with van der Waals surface area (Å²) in [5, 5.41) is 2.91. The van der Waals surface area contributed by atoms with E-state index in [0.29, 0.717) is 21.3 Å². The van der Waals surface area contributed by atoms with Crippen molar-refractivity contribution < 1.29 is 9.53 Å². The summed E-state index contributed by atoms with van der Waals surface area (Å²) in [6.45, 7) is 1.90. The van der Waals surface area contributed by atoms with Crippen molar-refractivity contribution in [3.8, 4) is 5.75 Å². The lowest BCUT2D eigenvalue weighted by Gasteiger charge is -2.14. The number of hydrogen-bond acceptors (Lipinski definition) is 4. The van der Waals surface area contributed by atoms with Crippen LogP contribution in [0.3, 0.4) is 0 Å². The Morgan fingerprint density at radius 2 is 2.15 bits per heavy atom. The lowest BCUT2D eigenvalue weighted by atomic mass is 10.1. The first-order chi connectivity index (χ1) is 9.51. The van der Waals surface area contributed by atoms with E-state index < -0.39 is 0 Å². The topological polar surface area (TPSA) is 64.3 Å². The molecule has 1 unspecified atom stereocenters. The minimum absolute atomic E-state index is 0.133. The van der Waals surface area contributed by atoms with Gasteiger partial charge in [-0.2, -0.15) is 0 Å². The number of nitrogens with one attached hydrogen (secondary N) is 1. The number of carbonyl (C=O) groups excluding carboxylic acids is 1. The van der Waals surface area contributed by atoms with Crippen LogP contribution in [0, 0.1) is 0 Å². The lowest BCUT2D eigenvalue weighted by Crippen LogP contribution is -2.26. The summed E-state index contributed by atoms with van der Waals surface area (Å²) >= 11 is 7.34. The number of carbonyl (C=O) groups is 1. The molecule has 0 saturated carbocycles. The van der Waals surface area contributed by atoms with E-state index in [1.54, 1.807) is 18.2 Å². The molecule has 1 heterocycles. The predicted octanol–water partition coefficient (Wildman–Crippen LogP) is 3.48. The Morgan fingerprint density at radius 1 is 1.40 bits per heavy atom. The fourth-order valence-electron chi connectivity index (χ4n) is 1.81. The first-order valence-electron chi connectivity index (χ1n) is 6.01. The third kappa shape index (κ3) is 3.23. The highest BCUT2D eigenvalue weighted by molar-refractivity contribution is 7.16. The van der Waals surface area contributed by atoms with Crippen molar-refractivity contribution in [3.63, 3.8) is 0 Å². The van der Waals surface area contributed by atoms with Gasteiger partial charge in [0.15, 0.2) is 0 Å². The van der Waals surface area contributed by atoms with Crippen molar-refractivity contribution in [3.05, 3.63) is 45.1 Å². The van der Waals surface area contributed by atoms with Crippen molar-refractivity contribution in [2.24, 2.45) is 0 Å². The number of thiophene rings is 1. The fraction of sp³-hybridized carbons (Fsp3) is 0.214. The standard InChI is InChI=1S/C14H15ClN2O2S/c1-8(12-5-6-13(15)20-12)17-14(18)10-7-9(16)3-4-11(10)19-2/h3-8H,16H2,1-2H3,(H,17,18). The van der Waals surface area contributed by atoms with Crippen LogP contribution in [0.5, 0.6) is 5.75 Å². The van der Waals surface area contributed by atoms with Gasteiger partial charge < -0.3 is 15.8 Å². The van der Waals surface area contributed by atoms with E-state index >= 15 is 0 Å². The molecule has 1 atom stereocenters. The summed E-state index contributed by atoms with van der Waals surface area (Å²) in [6, 6.07) is 8.54. The molecule has 0 fully saturated rings. The number of benzene rings is 1. The van der Waals surface area contributed by atoms with Gasteiger partial charge >= 0.3 is 0 Å². The predicted molar refractivity (Wildman–Crippen MR) is 82.6 cm³/mol. The Balaban J connectivity index is 2.18. The van der Waals surface area contributed by atoms with Gasteiger partial charge in [-0.15, -0.1) is 11.3 Å². The van der Waals surface area contributed by atoms with Gasteiger partial charge in [0.05, 0.1) is 23.1 Å². The number of amides is 1. The number of methoxy groups -OCH3 is 1. The molecule has 106 valence electrons. The van der Waals surface area contributed by atoms with Crippen LogP contribution in [-0.2, 0) is 0 Å². The molecule has 0 saturated heterocycles. The number of anilines is 1. The second kappa shape index (κ2) is 6.15. The summed E-state index contributed by atoms with van der Waals surface area (Å²) < 4.78 is 5.87. The summed E-state index contributed by atoms with van der Waals surface area (Å²) in [4.78, 5) is 13.3. The lowest BCUT2D eigenvalue weighted by molar-refractivity contribution is 0.0937. The third-order valence-electron chi connectivity index (χ3n) is 2.84. The van der Waals surface area contributed by atoms with Gasteiger partial charge in [0.25, 0.3) is 5.91 Å². The van der Waals surface area contributed by atoms with Crippen molar-refractivity contribution >= 4 is 34.5 Å². The van der Waals surface area contributed by atoms with E-state index in [4.69, 9.17) is 22.1 Å². The van der Waals surface area contributed by atoms with Crippen LogP contribution < -0.4 is 15.8 Å². The van der Waals surface area contributed by atoms with E-state index in [0.717, 1.165) is 4.88 Å². The molecule has 0 aliphatic rings. The van der Waals surface area contributed by atoms with Gasteiger partial charge in [-0.25, -0.2) is 0 Å². The van der Waals surface area contributed by atoms with Gasteiger partial charge in [0.2, 0.25) is 0 Å². The molecular formula is C14H15ClN2O2S. The van der Waals surface area contributed by atoms with E-state index in [1.807, 2.05) is 19.1 Å². The van der Waals surface area contributed by atoms with Crippen LogP contribution in [0.2, 0.25) is 4.34 Å². The quantitative estimate of drug-likeness (QED) is 0.850. The number of nitrogen functional groups attached to an aromatic ring is 1. The zero-order valence-corrected chi connectivity index (χ0v) is 12.7. The first-order valence-corrected chi connectivity index (χ1v) is 7.20. The zero-order chi connectivity index (χ0) is 14.7. The van der Waals surface area contributed by atoms with Crippen LogP contribution in [-0.4, -0.2) is 13.0 Å². The molecule has 1 aromatic carbocycles. The van der Waals surface area contributed by atoms with Gasteiger partial charge in [0, 0.05) is 10.6 Å². The number of hydrogen-bond donors (Lipinski definition) is 2. The molecule has 1 amide bonds. The van der Waals surface area contributed by atoms with Crippen molar-refractivity contribution in [2.75, 3.05) is 12.8 Å². The molecule has 20 heavy (non-hydrogen) atoms. The number of ether oxygens (including phenoxy) is 1. The molecule has 1 aromatic heterocycles.